The number of fused-ring (bicyclic) bond motifs is 1. The monoisotopic (exact) mass is 303 g/mol. The summed E-state index contributed by atoms with van der Waals surface area (Å²) in [4.78, 5) is 14.1. The van der Waals surface area contributed by atoms with Gasteiger partial charge in [0.15, 0.2) is 11.5 Å². The largest absolute Gasteiger partial charge is 0.493 e. The Morgan fingerprint density at radius 1 is 1.23 bits per heavy atom. The van der Waals surface area contributed by atoms with Gasteiger partial charge in [-0.05, 0) is 40.1 Å². The molecule has 1 aliphatic heterocycles. The van der Waals surface area contributed by atoms with Crippen molar-refractivity contribution in [2.24, 2.45) is 0 Å². The van der Waals surface area contributed by atoms with Crippen molar-refractivity contribution in [3.05, 3.63) is 29.6 Å². The second-order valence-corrected chi connectivity index (χ2v) is 5.05. The second-order valence-electron chi connectivity index (χ2n) is 5.05. The molecule has 116 valence electrons. The van der Waals surface area contributed by atoms with E-state index in [4.69, 9.17) is 9.47 Å². The third kappa shape index (κ3) is 2.72. The van der Waals surface area contributed by atoms with Crippen LogP contribution in [0.4, 0.5) is 0 Å². The third-order valence-corrected chi connectivity index (χ3v) is 3.76. The number of amides is 1. The predicted octanol–water partition coefficient (Wildman–Crippen LogP) is 0.275. The molecule has 0 saturated heterocycles. The molecule has 8 heteroatoms. The zero-order valence-corrected chi connectivity index (χ0v) is 12.5. The highest BCUT2D eigenvalue weighted by molar-refractivity contribution is 5.76. The Balaban J connectivity index is 1.76. The van der Waals surface area contributed by atoms with Crippen LogP contribution in [0.3, 0.4) is 0 Å². The smallest absolute Gasteiger partial charge is 0.244 e. The van der Waals surface area contributed by atoms with Crippen LogP contribution in [0.2, 0.25) is 0 Å². The summed E-state index contributed by atoms with van der Waals surface area (Å²) in [7, 11) is 3.22. The SMILES string of the molecule is COc1cc2c(cc1OC)CN(C(=O)Cn1cnnn1)CC2. The number of methoxy groups -OCH3 is 2. The van der Waals surface area contributed by atoms with Crippen LogP contribution in [0.25, 0.3) is 0 Å². The normalized spacial score (nSPS) is 13.6. The Labute approximate surface area is 127 Å². The standard InChI is InChI=1S/C14H17N5O3/c1-21-12-5-10-3-4-18(7-11(10)6-13(12)22-2)14(20)8-19-9-15-16-17-19/h5-6,9H,3-4,7-8H2,1-2H3. The summed E-state index contributed by atoms with van der Waals surface area (Å²) < 4.78 is 12.1. The maximum Gasteiger partial charge on any atom is 0.244 e. The van der Waals surface area contributed by atoms with Crippen molar-refractivity contribution in [2.45, 2.75) is 19.5 Å². The molecule has 22 heavy (non-hydrogen) atoms. The summed E-state index contributed by atoms with van der Waals surface area (Å²) in [6, 6.07) is 3.92. The van der Waals surface area contributed by atoms with E-state index in [1.54, 1.807) is 19.1 Å². The van der Waals surface area contributed by atoms with Crippen LogP contribution >= 0.6 is 0 Å². The Kier molecular flexibility index (Phi) is 3.90. The van der Waals surface area contributed by atoms with Crippen molar-refractivity contribution in [3.8, 4) is 11.5 Å². The van der Waals surface area contributed by atoms with Crippen LogP contribution in [0, 0.1) is 0 Å². The molecule has 0 fully saturated rings. The quantitative estimate of drug-likeness (QED) is 0.806. The van der Waals surface area contributed by atoms with Gasteiger partial charge < -0.3 is 14.4 Å². The summed E-state index contributed by atoms with van der Waals surface area (Å²) >= 11 is 0. The maximum absolute atomic E-state index is 12.3. The molecule has 0 spiro atoms. The van der Waals surface area contributed by atoms with Crippen LogP contribution in [0.15, 0.2) is 18.5 Å². The average Bonchev–Trinajstić information content (AvgIpc) is 3.05. The van der Waals surface area contributed by atoms with Crippen LogP contribution in [-0.2, 0) is 24.3 Å². The van der Waals surface area contributed by atoms with Crippen molar-refractivity contribution < 1.29 is 14.3 Å². The number of ether oxygens (including phenoxy) is 2. The first-order valence-electron chi connectivity index (χ1n) is 6.93. The molecule has 1 aromatic carbocycles. The van der Waals surface area contributed by atoms with Gasteiger partial charge in [-0.15, -0.1) is 5.10 Å². The number of rotatable bonds is 4. The third-order valence-electron chi connectivity index (χ3n) is 3.76. The van der Waals surface area contributed by atoms with E-state index < -0.39 is 0 Å². The molecule has 0 atom stereocenters. The predicted molar refractivity (Wildman–Crippen MR) is 76.5 cm³/mol. The summed E-state index contributed by atoms with van der Waals surface area (Å²) in [5, 5.41) is 10.8. The fraction of sp³-hybridized carbons (Fsp3) is 0.429. The highest BCUT2D eigenvalue weighted by atomic mass is 16.5. The van der Waals surface area contributed by atoms with E-state index in [9.17, 15) is 4.79 Å². The fourth-order valence-electron chi connectivity index (χ4n) is 2.59. The molecule has 2 heterocycles. The van der Waals surface area contributed by atoms with Crippen LogP contribution in [0.5, 0.6) is 11.5 Å². The highest BCUT2D eigenvalue weighted by Crippen LogP contribution is 2.33. The molecule has 0 bridgehead atoms. The molecule has 0 radical (unpaired) electrons. The van der Waals surface area contributed by atoms with E-state index in [0.29, 0.717) is 18.8 Å². The van der Waals surface area contributed by atoms with Crippen molar-refractivity contribution in [1.29, 1.82) is 0 Å². The number of tetrazole rings is 1. The number of hydrogen-bond acceptors (Lipinski definition) is 6. The first-order valence-corrected chi connectivity index (χ1v) is 6.93. The van der Waals surface area contributed by atoms with E-state index in [1.165, 1.54) is 16.6 Å². The number of aromatic nitrogens is 4. The van der Waals surface area contributed by atoms with Crippen LogP contribution < -0.4 is 9.47 Å². The molecule has 2 aromatic rings. The number of nitrogens with zero attached hydrogens (tertiary/aromatic N) is 5. The van der Waals surface area contributed by atoms with E-state index >= 15 is 0 Å². The Bertz CT molecular complexity index is 671. The molecule has 0 saturated carbocycles. The minimum atomic E-state index is -0.00673. The highest BCUT2D eigenvalue weighted by Gasteiger charge is 2.23. The molecule has 8 nitrogen and oxygen atoms in total. The molecule has 0 unspecified atom stereocenters. The van der Waals surface area contributed by atoms with Crippen LogP contribution in [0.1, 0.15) is 11.1 Å². The first-order chi connectivity index (χ1) is 10.7. The van der Waals surface area contributed by atoms with E-state index in [-0.39, 0.29) is 12.5 Å². The lowest BCUT2D eigenvalue weighted by molar-refractivity contribution is -0.133. The van der Waals surface area contributed by atoms with Gasteiger partial charge in [0.1, 0.15) is 12.9 Å². The lowest BCUT2D eigenvalue weighted by Crippen LogP contribution is -2.38. The van der Waals surface area contributed by atoms with E-state index in [0.717, 1.165) is 17.7 Å². The molecule has 3 rings (SSSR count). The zero-order valence-electron chi connectivity index (χ0n) is 12.5. The Morgan fingerprint density at radius 2 is 1.95 bits per heavy atom. The van der Waals surface area contributed by atoms with Gasteiger partial charge in [-0.3, -0.25) is 4.79 Å². The van der Waals surface area contributed by atoms with Gasteiger partial charge in [-0.25, -0.2) is 4.68 Å². The van der Waals surface area contributed by atoms with E-state index in [1.807, 2.05) is 12.1 Å². The Hall–Kier alpha value is -2.64. The summed E-state index contributed by atoms with van der Waals surface area (Å²) in [6.45, 7) is 1.37. The number of hydrogen-bond donors (Lipinski definition) is 0. The van der Waals surface area contributed by atoms with E-state index in [2.05, 4.69) is 15.5 Å². The van der Waals surface area contributed by atoms with Gasteiger partial charge in [0.05, 0.1) is 14.2 Å². The number of carbonyl (C=O) groups is 1. The molecular formula is C14H17N5O3. The molecule has 1 aliphatic rings. The van der Waals surface area contributed by atoms with Gasteiger partial charge in [-0.2, -0.15) is 0 Å². The van der Waals surface area contributed by atoms with Crippen LogP contribution in [-0.4, -0.2) is 51.8 Å². The first kappa shape index (κ1) is 14.3. The summed E-state index contributed by atoms with van der Waals surface area (Å²) in [5.74, 6) is 1.39. The van der Waals surface area contributed by atoms with Gasteiger partial charge in [0, 0.05) is 13.1 Å². The molecule has 1 amide bonds. The zero-order chi connectivity index (χ0) is 15.5. The van der Waals surface area contributed by atoms with Crippen molar-refractivity contribution in [1.82, 2.24) is 25.1 Å². The van der Waals surface area contributed by atoms with Crippen molar-refractivity contribution in [2.75, 3.05) is 20.8 Å². The number of carbonyl (C=O) groups excluding carboxylic acids is 1. The maximum atomic E-state index is 12.3. The molecular weight excluding hydrogens is 286 g/mol. The van der Waals surface area contributed by atoms with Gasteiger partial charge in [0.25, 0.3) is 0 Å². The Morgan fingerprint density at radius 3 is 2.59 bits per heavy atom. The number of benzene rings is 1. The second kappa shape index (κ2) is 6.00. The fourth-order valence-corrected chi connectivity index (χ4v) is 2.59. The topological polar surface area (TPSA) is 82.4 Å². The minimum absolute atomic E-state index is 0.00673. The van der Waals surface area contributed by atoms with Crippen molar-refractivity contribution in [3.63, 3.8) is 0 Å². The molecule has 1 aromatic heterocycles. The summed E-state index contributed by atoms with van der Waals surface area (Å²) in [6.07, 6.45) is 2.22. The lowest BCUT2D eigenvalue weighted by atomic mass is 9.98. The van der Waals surface area contributed by atoms with Gasteiger partial charge >= 0.3 is 0 Å². The molecule has 0 aliphatic carbocycles. The molecule has 0 N–H and O–H groups in total. The van der Waals surface area contributed by atoms with Gasteiger partial charge in [0.2, 0.25) is 5.91 Å². The summed E-state index contributed by atoms with van der Waals surface area (Å²) in [5.41, 5.74) is 2.26. The minimum Gasteiger partial charge on any atom is -0.493 e. The van der Waals surface area contributed by atoms with Crippen molar-refractivity contribution >= 4 is 5.91 Å². The lowest BCUT2D eigenvalue weighted by Gasteiger charge is -2.29. The van der Waals surface area contributed by atoms with Gasteiger partial charge in [-0.1, -0.05) is 0 Å². The average molecular weight is 303 g/mol.